The van der Waals surface area contributed by atoms with Crippen molar-refractivity contribution in [3.05, 3.63) is 34.5 Å². The summed E-state index contributed by atoms with van der Waals surface area (Å²) in [4.78, 5) is 34.6. The number of amides is 2. The van der Waals surface area contributed by atoms with E-state index in [4.69, 9.17) is 0 Å². The maximum atomic E-state index is 12.8. The van der Waals surface area contributed by atoms with Crippen LogP contribution in [0.3, 0.4) is 0 Å². The van der Waals surface area contributed by atoms with E-state index in [1.807, 2.05) is 43.3 Å². The zero-order valence-corrected chi connectivity index (χ0v) is 16.8. The molecule has 0 saturated heterocycles. The lowest BCUT2D eigenvalue weighted by Gasteiger charge is -2.27. The van der Waals surface area contributed by atoms with Crippen molar-refractivity contribution in [3.8, 4) is 0 Å². The average Bonchev–Trinajstić information content (AvgIpc) is 3.27. The molecule has 1 unspecified atom stereocenters. The summed E-state index contributed by atoms with van der Waals surface area (Å²) in [6, 6.07) is 4.23. The number of likely N-dealkylation sites (N-methyl/N-ethyl adjacent to an activating group) is 1. The fourth-order valence-corrected chi connectivity index (χ4v) is 3.56. The Kier molecular flexibility index (Phi) is 6.22. The predicted octanol–water partition coefficient (Wildman–Crippen LogP) is 0.955. The first kappa shape index (κ1) is 19.5. The molecule has 146 valence electrons. The summed E-state index contributed by atoms with van der Waals surface area (Å²) in [5, 5.41) is 9.19. The molecule has 0 bridgehead atoms. The van der Waals surface area contributed by atoms with Crippen LogP contribution in [0.25, 0.3) is 0 Å². The summed E-state index contributed by atoms with van der Waals surface area (Å²) in [6.07, 6.45) is 1.48. The molecule has 0 aliphatic carbocycles. The number of nitrogens with zero attached hydrogens (tertiary/aromatic N) is 5. The smallest absolute Gasteiger partial charge is 0.237 e. The molecule has 27 heavy (non-hydrogen) atoms. The highest BCUT2D eigenvalue weighted by Gasteiger charge is 2.30. The molecule has 2 amide bonds. The molecule has 1 N–H and O–H groups in total. The second kappa shape index (κ2) is 8.62. The molecule has 1 atom stereocenters. The summed E-state index contributed by atoms with van der Waals surface area (Å²) in [5.74, 6) is 0.283. The van der Waals surface area contributed by atoms with Crippen molar-refractivity contribution in [3.63, 3.8) is 0 Å². The molecule has 8 nitrogen and oxygen atoms in total. The van der Waals surface area contributed by atoms with Gasteiger partial charge in [-0.2, -0.15) is 5.10 Å². The number of hydrogen-bond donors (Lipinski definition) is 1. The van der Waals surface area contributed by atoms with Crippen LogP contribution in [0.1, 0.15) is 24.5 Å². The fraction of sp³-hybridized carbons (Fsp3) is 0.556. The molecular formula is C18H26N6O2S. The van der Waals surface area contributed by atoms with Gasteiger partial charge in [-0.3, -0.25) is 14.5 Å². The Morgan fingerprint density at radius 2 is 2.22 bits per heavy atom. The number of carbonyl (C=O) groups excluding carboxylic acids is 2. The van der Waals surface area contributed by atoms with Gasteiger partial charge < -0.3 is 10.2 Å². The highest BCUT2D eigenvalue weighted by Crippen LogP contribution is 2.16. The third-order valence-corrected chi connectivity index (χ3v) is 5.75. The Morgan fingerprint density at radius 1 is 1.41 bits per heavy atom. The second-order valence-corrected chi connectivity index (χ2v) is 8.17. The highest BCUT2D eigenvalue weighted by molar-refractivity contribution is 7.09. The summed E-state index contributed by atoms with van der Waals surface area (Å²) < 4.78 is 1.73. The van der Waals surface area contributed by atoms with E-state index in [1.54, 1.807) is 20.9 Å². The normalized spacial score (nSPS) is 17.1. The Labute approximate surface area is 163 Å². The van der Waals surface area contributed by atoms with Crippen molar-refractivity contribution in [2.75, 3.05) is 20.1 Å². The lowest BCUT2D eigenvalue weighted by molar-refractivity contribution is -0.135. The molecule has 0 spiro atoms. The number of carbonyl (C=O) groups is 2. The van der Waals surface area contributed by atoms with E-state index < -0.39 is 0 Å². The molecule has 0 aromatic carbocycles. The third kappa shape index (κ3) is 4.92. The Bertz CT molecular complexity index is 773. The molecule has 2 aromatic rings. The van der Waals surface area contributed by atoms with Crippen LogP contribution in [0.2, 0.25) is 0 Å². The zero-order valence-electron chi connectivity index (χ0n) is 16.0. The summed E-state index contributed by atoms with van der Waals surface area (Å²) in [7, 11) is 1.92. The maximum absolute atomic E-state index is 12.8. The SMILES string of the molecule is CC(C)N(C)CC(=O)N1Cc2ncnn2CC(C(=O)NCc2cccs2)C1. The Hall–Kier alpha value is -2.26. The number of fused-ring (bicyclic) bond motifs is 1. The van der Waals surface area contributed by atoms with Crippen LogP contribution < -0.4 is 5.32 Å². The lowest BCUT2D eigenvalue weighted by atomic mass is 10.1. The number of hydrogen-bond acceptors (Lipinski definition) is 6. The molecule has 1 aliphatic rings. The van der Waals surface area contributed by atoms with Crippen LogP contribution in [0.15, 0.2) is 23.8 Å². The fourth-order valence-electron chi connectivity index (χ4n) is 2.91. The van der Waals surface area contributed by atoms with Gasteiger partial charge in [0.25, 0.3) is 0 Å². The summed E-state index contributed by atoms with van der Waals surface area (Å²) >= 11 is 1.61. The Balaban J connectivity index is 1.70. The van der Waals surface area contributed by atoms with Gasteiger partial charge >= 0.3 is 0 Å². The molecular weight excluding hydrogens is 364 g/mol. The first-order valence-corrected chi connectivity index (χ1v) is 9.96. The van der Waals surface area contributed by atoms with Crippen molar-refractivity contribution in [1.82, 2.24) is 29.9 Å². The first-order valence-electron chi connectivity index (χ1n) is 9.09. The monoisotopic (exact) mass is 390 g/mol. The van der Waals surface area contributed by atoms with E-state index in [9.17, 15) is 9.59 Å². The highest BCUT2D eigenvalue weighted by atomic mass is 32.1. The van der Waals surface area contributed by atoms with Gasteiger partial charge in [0.15, 0.2) is 0 Å². The van der Waals surface area contributed by atoms with Crippen molar-refractivity contribution in [1.29, 1.82) is 0 Å². The molecule has 0 fully saturated rings. The van der Waals surface area contributed by atoms with Crippen LogP contribution in [-0.4, -0.2) is 62.6 Å². The largest absolute Gasteiger partial charge is 0.351 e. The van der Waals surface area contributed by atoms with Crippen LogP contribution >= 0.6 is 11.3 Å². The standard InChI is InChI=1S/C18H26N6O2S/c1-13(2)22(3)11-17(25)23-8-14(9-24-16(10-23)20-12-21-24)18(26)19-7-15-5-4-6-27-15/h4-6,12-14H,7-11H2,1-3H3,(H,19,26). The minimum absolute atomic E-state index is 0.00120. The van der Waals surface area contributed by atoms with E-state index >= 15 is 0 Å². The zero-order chi connectivity index (χ0) is 19.4. The minimum atomic E-state index is -0.360. The van der Waals surface area contributed by atoms with Crippen LogP contribution in [0, 0.1) is 5.92 Å². The van der Waals surface area contributed by atoms with Gasteiger partial charge in [-0.15, -0.1) is 11.3 Å². The number of thiophene rings is 1. The third-order valence-electron chi connectivity index (χ3n) is 4.87. The van der Waals surface area contributed by atoms with Crippen molar-refractivity contribution < 1.29 is 9.59 Å². The van der Waals surface area contributed by atoms with Gasteiger partial charge in [0.05, 0.1) is 32.1 Å². The van der Waals surface area contributed by atoms with E-state index in [2.05, 4.69) is 15.4 Å². The molecule has 9 heteroatoms. The maximum Gasteiger partial charge on any atom is 0.237 e. The van der Waals surface area contributed by atoms with Crippen molar-refractivity contribution >= 4 is 23.2 Å². The second-order valence-electron chi connectivity index (χ2n) is 7.14. The Morgan fingerprint density at radius 3 is 2.93 bits per heavy atom. The topological polar surface area (TPSA) is 83.4 Å². The van der Waals surface area contributed by atoms with Gasteiger partial charge in [0.1, 0.15) is 12.2 Å². The van der Waals surface area contributed by atoms with E-state index in [-0.39, 0.29) is 23.8 Å². The van der Waals surface area contributed by atoms with Gasteiger partial charge in [-0.05, 0) is 32.3 Å². The van der Waals surface area contributed by atoms with E-state index in [0.29, 0.717) is 38.5 Å². The molecule has 0 saturated carbocycles. The molecule has 1 aliphatic heterocycles. The number of nitrogens with one attached hydrogen (secondary N) is 1. The van der Waals surface area contributed by atoms with Crippen molar-refractivity contribution in [2.45, 2.75) is 39.5 Å². The van der Waals surface area contributed by atoms with Gasteiger partial charge in [-0.25, -0.2) is 9.67 Å². The number of rotatable bonds is 6. The summed E-state index contributed by atoms with van der Waals surface area (Å²) in [5.41, 5.74) is 0. The van der Waals surface area contributed by atoms with E-state index in [0.717, 1.165) is 4.88 Å². The predicted molar refractivity (Wildman–Crippen MR) is 103 cm³/mol. The number of aromatic nitrogens is 3. The molecule has 3 heterocycles. The molecule has 0 radical (unpaired) electrons. The quantitative estimate of drug-likeness (QED) is 0.794. The van der Waals surface area contributed by atoms with Gasteiger partial charge in [0.2, 0.25) is 11.8 Å². The van der Waals surface area contributed by atoms with E-state index in [1.165, 1.54) is 6.33 Å². The van der Waals surface area contributed by atoms with Gasteiger partial charge in [-0.1, -0.05) is 6.07 Å². The average molecular weight is 391 g/mol. The van der Waals surface area contributed by atoms with Crippen LogP contribution in [0.5, 0.6) is 0 Å². The van der Waals surface area contributed by atoms with Crippen molar-refractivity contribution in [2.24, 2.45) is 5.92 Å². The molecule has 3 rings (SSSR count). The molecule has 2 aromatic heterocycles. The summed E-state index contributed by atoms with van der Waals surface area (Å²) in [6.45, 7) is 6.08. The van der Waals surface area contributed by atoms with Gasteiger partial charge in [0, 0.05) is 17.5 Å². The van der Waals surface area contributed by atoms with Crippen LogP contribution in [0.4, 0.5) is 0 Å². The van der Waals surface area contributed by atoms with Crippen LogP contribution in [-0.2, 0) is 29.2 Å². The lowest BCUT2D eigenvalue weighted by Crippen LogP contribution is -2.45. The first-order chi connectivity index (χ1) is 12.9. The minimum Gasteiger partial charge on any atom is -0.351 e.